The number of nitrogens with zero attached hydrogens (tertiary/aromatic N) is 3. The van der Waals surface area contributed by atoms with Crippen molar-refractivity contribution < 1.29 is 18.4 Å². The molecule has 0 bridgehead atoms. The van der Waals surface area contributed by atoms with Gasteiger partial charge in [0.25, 0.3) is 5.91 Å². The molecular formula is C25H25F2N5O2. The molecule has 0 saturated carbocycles. The number of nitrogens with one attached hydrogen (secondary N) is 2. The molecule has 2 N–H and O–H groups in total. The smallest absolute Gasteiger partial charge is 0.254 e. The molecule has 2 aromatic rings. The van der Waals surface area contributed by atoms with E-state index in [4.69, 9.17) is 10.7 Å². The summed E-state index contributed by atoms with van der Waals surface area (Å²) in [7, 11) is 1.54. The Morgan fingerprint density at radius 1 is 1.29 bits per heavy atom. The highest BCUT2D eigenvalue weighted by Gasteiger charge is 2.46. The predicted octanol–water partition coefficient (Wildman–Crippen LogP) is 4.01. The second-order valence-electron chi connectivity index (χ2n) is 8.50. The van der Waals surface area contributed by atoms with E-state index < -0.39 is 41.3 Å². The first-order valence-electron chi connectivity index (χ1n) is 10.8. The van der Waals surface area contributed by atoms with Gasteiger partial charge in [-0.1, -0.05) is 19.9 Å². The summed E-state index contributed by atoms with van der Waals surface area (Å²) in [5, 5.41) is 19.8. The van der Waals surface area contributed by atoms with Crippen LogP contribution in [0.1, 0.15) is 41.3 Å². The fourth-order valence-electron chi connectivity index (χ4n) is 4.27. The number of fused-ring (bicyclic) bond motifs is 1. The molecule has 2 amide bonds. The van der Waals surface area contributed by atoms with E-state index in [9.17, 15) is 18.4 Å². The van der Waals surface area contributed by atoms with Gasteiger partial charge < -0.3 is 20.6 Å². The topological polar surface area (TPSA) is 109 Å². The van der Waals surface area contributed by atoms with E-state index in [2.05, 4.69) is 10.3 Å². The summed E-state index contributed by atoms with van der Waals surface area (Å²) < 4.78 is 27.9. The van der Waals surface area contributed by atoms with Crippen LogP contribution in [-0.2, 0) is 4.79 Å². The Hall–Kier alpha value is -3.93. The van der Waals surface area contributed by atoms with Gasteiger partial charge in [-0.25, -0.2) is 8.78 Å². The molecule has 0 aromatic heterocycles. The van der Waals surface area contributed by atoms with Crippen LogP contribution in [0, 0.1) is 40.2 Å². The van der Waals surface area contributed by atoms with Crippen molar-refractivity contribution in [3.05, 3.63) is 64.7 Å². The molecule has 0 spiro atoms. The number of anilines is 1. The van der Waals surface area contributed by atoms with Gasteiger partial charge in [0.1, 0.15) is 17.7 Å². The van der Waals surface area contributed by atoms with Crippen LogP contribution in [0.25, 0.3) is 0 Å². The molecule has 3 rings (SSSR count). The lowest BCUT2D eigenvalue weighted by molar-refractivity contribution is -0.119. The quantitative estimate of drug-likeness (QED) is 0.603. The van der Waals surface area contributed by atoms with Crippen molar-refractivity contribution in [3.63, 3.8) is 0 Å². The summed E-state index contributed by atoms with van der Waals surface area (Å²) in [6, 6.07) is 8.25. The van der Waals surface area contributed by atoms with Gasteiger partial charge in [-0.3, -0.25) is 9.59 Å². The summed E-state index contributed by atoms with van der Waals surface area (Å²) in [6.07, 6.45) is 2.62. The number of benzene rings is 2. The number of carbonyl (C=O) groups is 2. The molecule has 2 aromatic carbocycles. The number of hydrogen-bond donors (Lipinski definition) is 2. The van der Waals surface area contributed by atoms with Crippen LogP contribution in [0.2, 0.25) is 0 Å². The van der Waals surface area contributed by atoms with Gasteiger partial charge in [-0.15, -0.1) is 0 Å². The zero-order chi connectivity index (χ0) is 25.0. The minimum Gasteiger partial charge on any atom is -0.333 e. The van der Waals surface area contributed by atoms with Crippen molar-refractivity contribution in [1.82, 2.24) is 4.90 Å². The third-order valence-electron chi connectivity index (χ3n) is 5.65. The van der Waals surface area contributed by atoms with Gasteiger partial charge in [0.2, 0.25) is 5.91 Å². The first-order chi connectivity index (χ1) is 16.2. The summed E-state index contributed by atoms with van der Waals surface area (Å²) in [6.45, 7) is 4.10. The number of halogens is 2. The highest BCUT2D eigenvalue weighted by molar-refractivity contribution is 6.05. The lowest BCUT2D eigenvalue weighted by Crippen LogP contribution is -2.56. The molecule has 0 radical (unpaired) electrons. The van der Waals surface area contributed by atoms with Crippen LogP contribution in [0.15, 0.2) is 41.4 Å². The average molecular weight is 466 g/mol. The number of hydrogen-bond acceptors (Lipinski definition) is 5. The van der Waals surface area contributed by atoms with Gasteiger partial charge in [0.05, 0.1) is 23.4 Å². The number of carbonyl (C=O) groups excluding carboxylic acids is 2. The van der Waals surface area contributed by atoms with Crippen molar-refractivity contribution in [2.45, 2.75) is 25.8 Å². The molecular weight excluding hydrogens is 440 g/mol. The molecule has 1 aliphatic rings. The third kappa shape index (κ3) is 4.86. The molecule has 9 heteroatoms. The van der Waals surface area contributed by atoms with Crippen LogP contribution >= 0.6 is 0 Å². The summed E-state index contributed by atoms with van der Waals surface area (Å²) in [5.74, 6) is -3.92. The lowest BCUT2D eigenvalue weighted by Gasteiger charge is -2.44. The summed E-state index contributed by atoms with van der Waals surface area (Å²) in [4.78, 5) is 32.6. The maximum Gasteiger partial charge on any atom is 0.254 e. The van der Waals surface area contributed by atoms with Crippen LogP contribution in [-0.4, -0.2) is 48.8 Å². The molecule has 1 heterocycles. The fraction of sp³-hybridized carbons (Fsp3) is 0.320. The van der Waals surface area contributed by atoms with Gasteiger partial charge in [0, 0.05) is 37.3 Å². The van der Waals surface area contributed by atoms with E-state index in [1.807, 2.05) is 13.8 Å². The minimum absolute atomic E-state index is 0.0329. The highest BCUT2D eigenvalue weighted by atomic mass is 19.1. The molecule has 34 heavy (non-hydrogen) atoms. The van der Waals surface area contributed by atoms with Crippen molar-refractivity contribution in [1.29, 1.82) is 10.7 Å². The standard InChI is InChI=1S/C25H25F2N5O2/c1-14(2)13-32-23(16(11-29)12-30-3)22(19-6-4-17(26)9-20(19)25(32)34)24(33)31-18-5-7-21(27)15(8-18)10-28/h4-9,11-12,14,16,22-23,29H,13H2,1-3H3,(H,31,33)/t16?,22-,23+/m0/s1. The van der Waals surface area contributed by atoms with Gasteiger partial charge in [-0.2, -0.15) is 5.26 Å². The molecule has 0 saturated heterocycles. The van der Waals surface area contributed by atoms with Gasteiger partial charge in [-0.05, 0) is 41.8 Å². The summed E-state index contributed by atoms with van der Waals surface area (Å²) in [5.41, 5.74) is 0.375. The monoisotopic (exact) mass is 465 g/mol. The largest absolute Gasteiger partial charge is 0.333 e. The minimum atomic E-state index is -0.979. The molecule has 7 nitrogen and oxygen atoms in total. The molecule has 176 valence electrons. The first kappa shape index (κ1) is 24.7. The molecule has 1 aliphatic heterocycles. The number of nitriles is 1. The van der Waals surface area contributed by atoms with E-state index in [0.717, 1.165) is 18.3 Å². The van der Waals surface area contributed by atoms with E-state index in [-0.39, 0.29) is 29.3 Å². The first-order valence-corrected chi connectivity index (χ1v) is 10.8. The predicted molar refractivity (Wildman–Crippen MR) is 125 cm³/mol. The zero-order valence-electron chi connectivity index (χ0n) is 19.0. The Morgan fingerprint density at radius 2 is 2.03 bits per heavy atom. The Morgan fingerprint density at radius 3 is 2.65 bits per heavy atom. The SMILES string of the molecule is CN=CC(C=N)[C@@H]1[C@@H](C(=O)Nc2ccc(F)c(C#N)c2)c2ccc(F)cc2C(=O)N1CC(C)C. The molecule has 3 atom stereocenters. The molecule has 0 aliphatic carbocycles. The van der Waals surface area contributed by atoms with E-state index in [0.29, 0.717) is 5.56 Å². The van der Waals surface area contributed by atoms with Gasteiger partial charge >= 0.3 is 0 Å². The Bertz CT molecular complexity index is 1190. The van der Waals surface area contributed by atoms with Crippen LogP contribution < -0.4 is 5.32 Å². The van der Waals surface area contributed by atoms with E-state index in [1.165, 1.54) is 42.4 Å². The third-order valence-corrected chi connectivity index (χ3v) is 5.65. The molecule has 1 unspecified atom stereocenters. The van der Waals surface area contributed by atoms with E-state index >= 15 is 0 Å². The van der Waals surface area contributed by atoms with Gasteiger partial charge in [0.15, 0.2) is 0 Å². The number of aliphatic imine (C=N–C) groups is 1. The Labute approximate surface area is 196 Å². The van der Waals surface area contributed by atoms with Crippen LogP contribution in [0.4, 0.5) is 14.5 Å². The maximum absolute atomic E-state index is 14.1. The highest BCUT2D eigenvalue weighted by Crippen LogP contribution is 2.38. The Kier molecular flexibility index (Phi) is 7.51. The fourth-order valence-corrected chi connectivity index (χ4v) is 4.27. The zero-order valence-corrected chi connectivity index (χ0v) is 19.0. The summed E-state index contributed by atoms with van der Waals surface area (Å²) >= 11 is 0. The Balaban J connectivity index is 2.17. The van der Waals surface area contributed by atoms with E-state index in [1.54, 1.807) is 6.07 Å². The molecule has 0 fully saturated rings. The van der Waals surface area contributed by atoms with Crippen molar-refractivity contribution in [2.24, 2.45) is 16.8 Å². The maximum atomic E-state index is 14.1. The van der Waals surface area contributed by atoms with Crippen LogP contribution in [0.5, 0.6) is 0 Å². The second kappa shape index (κ2) is 10.3. The average Bonchev–Trinajstić information content (AvgIpc) is 2.80. The second-order valence-corrected chi connectivity index (χ2v) is 8.50. The number of amides is 2. The van der Waals surface area contributed by atoms with Crippen molar-refractivity contribution in [3.8, 4) is 6.07 Å². The van der Waals surface area contributed by atoms with Crippen molar-refractivity contribution in [2.75, 3.05) is 18.9 Å². The normalized spacial score (nSPS) is 18.5. The lowest BCUT2D eigenvalue weighted by atomic mass is 9.76. The van der Waals surface area contributed by atoms with Crippen molar-refractivity contribution >= 4 is 29.9 Å². The van der Waals surface area contributed by atoms with Crippen LogP contribution in [0.3, 0.4) is 0 Å². The number of rotatable bonds is 7.